The Morgan fingerprint density at radius 2 is 1.77 bits per heavy atom. The average Bonchev–Trinajstić information content (AvgIpc) is 3.08. The second kappa shape index (κ2) is 7.00. The molecule has 1 aromatic heterocycles. The van der Waals surface area contributed by atoms with Gasteiger partial charge in [0.15, 0.2) is 11.5 Å². The molecule has 1 aromatic carbocycles. The molecule has 8 nitrogen and oxygen atoms in total. The van der Waals surface area contributed by atoms with Crippen molar-refractivity contribution in [1.82, 2.24) is 4.31 Å². The third-order valence-corrected chi connectivity index (χ3v) is 5.49. The third-order valence-electron chi connectivity index (χ3n) is 3.80. The van der Waals surface area contributed by atoms with E-state index in [0.717, 1.165) is 4.31 Å². The Morgan fingerprint density at radius 1 is 1.12 bits per heavy atom. The first-order valence-corrected chi connectivity index (χ1v) is 9.33. The number of esters is 1. The summed E-state index contributed by atoms with van der Waals surface area (Å²) in [5.41, 5.74) is 0. The van der Waals surface area contributed by atoms with Gasteiger partial charge in [0.1, 0.15) is 18.5 Å². The Kier molecular flexibility index (Phi) is 4.92. The van der Waals surface area contributed by atoms with E-state index >= 15 is 0 Å². The van der Waals surface area contributed by atoms with Crippen LogP contribution < -0.4 is 9.47 Å². The molecule has 2 unspecified atom stereocenters. The molecule has 26 heavy (non-hydrogen) atoms. The highest BCUT2D eigenvalue weighted by Crippen LogP contribution is 2.33. The fourth-order valence-corrected chi connectivity index (χ4v) is 3.17. The molecule has 9 heteroatoms. The van der Waals surface area contributed by atoms with E-state index in [1.54, 1.807) is 25.1 Å². The van der Waals surface area contributed by atoms with Gasteiger partial charge in [-0.1, -0.05) is 12.1 Å². The first-order chi connectivity index (χ1) is 12.3. The average molecular weight is 381 g/mol. The van der Waals surface area contributed by atoms with Crippen LogP contribution in [0.5, 0.6) is 11.5 Å². The van der Waals surface area contributed by atoms with E-state index in [1.807, 2.05) is 6.07 Å². The molecule has 0 bridgehead atoms. The van der Waals surface area contributed by atoms with E-state index in [0.29, 0.717) is 11.5 Å². The summed E-state index contributed by atoms with van der Waals surface area (Å²) < 4.78 is 46.7. The summed E-state index contributed by atoms with van der Waals surface area (Å²) in [6, 6.07) is 9.80. The van der Waals surface area contributed by atoms with Crippen molar-refractivity contribution in [3.63, 3.8) is 0 Å². The third kappa shape index (κ3) is 3.54. The summed E-state index contributed by atoms with van der Waals surface area (Å²) in [5.74, 6) is 0.613. The zero-order chi connectivity index (χ0) is 18.9. The molecule has 0 saturated heterocycles. The van der Waals surface area contributed by atoms with E-state index in [4.69, 9.17) is 18.6 Å². The number of ether oxygens (including phenoxy) is 3. The Labute approximate surface area is 151 Å². The van der Waals surface area contributed by atoms with Crippen LogP contribution in [0.25, 0.3) is 0 Å². The monoisotopic (exact) mass is 381 g/mol. The lowest BCUT2D eigenvalue weighted by molar-refractivity contribution is -0.159. The lowest BCUT2D eigenvalue weighted by Gasteiger charge is -2.30. The lowest BCUT2D eigenvalue weighted by Crippen LogP contribution is -2.44. The van der Waals surface area contributed by atoms with Gasteiger partial charge in [0.25, 0.3) is 10.0 Å². The highest BCUT2D eigenvalue weighted by molar-refractivity contribution is 7.88. The first-order valence-electron chi connectivity index (χ1n) is 7.89. The van der Waals surface area contributed by atoms with Crippen molar-refractivity contribution < 1.29 is 31.8 Å². The number of fused-ring (bicyclic) bond motifs is 1. The predicted molar refractivity (Wildman–Crippen MR) is 90.3 cm³/mol. The summed E-state index contributed by atoms with van der Waals surface area (Å²) in [6.45, 7) is 1.49. The highest BCUT2D eigenvalue weighted by Gasteiger charge is 2.35. The molecule has 0 spiro atoms. The molecule has 2 heterocycles. The standard InChI is InChI=1S/C17H19NO7S/c1-11-16(25-14-7-5-4-6-13(14)23-11)17(19)22-10-12-8-9-15(24-12)26(20,21)18(2)3/h4-9,11,16H,10H2,1-3H3. The maximum Gasteiger partial charge on any atom is 0.351 e. The van der Waals surface area contributed by atoms with Gasteiger partial charge in [-0.3, -0.25) is 0 Å². The van der Waals surface area contributed by atoms with Gasteiger partial charge >= 0.3 is 5.97 Å². The molecule has 1 aliphatic rings. The summed E-state index contributed by atoms with van der Waals surface area (Å²) in [5, 5.41) is -0.215. The van der Waals surface area contributed by atoms with Crippen LogP contribution in [0.15, 0.2) is 45.9 Å². The van der Waals surface area contributed by atoms with Gasteiger partial charge in [0, 0.05) is 14.1 Å². The van der Waals surface area contributed by atoms with Gasteiger partial charge in [-0.2, -0.15) is 0 Å². The second-order valence-electron chi connectivity index (χ2n) is 5.92. The van der Waals surface area contributed by atoms with E-state index < -0.39 is 28.2 Å². The van der Waals surface area contributed by atoms with Crippen molar-refractivity contribution in [3.8, 4) is 11.5 Å². The molecule has 0 radical (unpaired) electrons. The van der Waals surface area contributed by atoms with Crippen LogP contribution in [-0.2, 0) is 26.2 Å². The molecular weight excluding hydrogens is 362 g/mol. The molecule has 140 valence electrons. The zero-order valence-corrected chi connectivity index (χ0v) is 15.4. The van der Waals surface area contributed by atoms with Crippen LogP contribution >= 0.6 is 0 Å². The minimum Gasteiger partial charge on any atom is -0.482 e. The number of hydrogen-bond acceptors (Lipinski definition) is 7. The Bertz CT molecular complexity index is 903. The van der Waals surface area contributed by atoms with Gasteiger partial charge in [0.2, 0.25) is 11.2 Å². The van der Waals surface area contributed by atoms with Crippen molar-refractivity contribution in [3.05, 3.63) is 42.2 Å². The number of para-hydroxylation sites is 2. The van der Waals surface area contributed by atoms with Crippen molar-refractivity contribution in [2.75, 3.05) is 14.1 Å². The molecule has 1 aliphatic heterocycles. The van der Waals surface area contributed by atoms with Crippen LogP contribution in [0.4, 0.5) is 0 Å². The highest BCUT2D eigenvalue weighted by atomic mass is 32.2. The topological polar surface area (TPSA) is 95.3 Å². The van der Waals surface area contributed by atoms with Crippen LogP contribution in [0.3, 0.4) is 0 Å². The molecular formula is C17H19NO7S. The number of hydrogen-bond donors (Lipinski definition) is 0. The molecule has 2 aromatic rings. The summed E-state index contributed by atoms with van der Waals surface area (Å²) in [7, 11) is -0.876. The number of carbonyl (C=O) groups is 1. The number of sulfonamides is 1. The molecule has 0 fully saturated rings. The van der Waals surface area contributed by atoms with Crippen molar-refractivity contribution in [1.29, 1.82) is 0 Å². The fraction of sp³-hybridized carbons (Fsp3) is 0.353. The van der Waals surface area contributed by atoms with Crippen LogP contribution in [0.1, 0.15) is 12.7 Å². The van der Waals surface area contributed by atoms with Crippen molar-refractivity contribution in [2.45, 2.75) is 30.8 Å². The molecule has 3 rings (SSSR count). The van der Waals surface area contributed by atoms with Gasteiger partial charge in [0.05, 0.1) is 0 Å². The Balaban J connectivity index is 1.64. The van der Waals surface area contributed by atoms with Gasteiger partial charge in [-0.15, -0.1) is 0 Å². The molecule has 0 N–H and O–H groups in total. The Hall–Kier alpha value is -2.52. The number of furan rings is 1. The summed E-state index contributed by atoms with van der Waals surface area (Å²) >= 11 is 0. The van der Waals surface area contributed by atoms with E-state index in [2.05, 4.69) is 0 Å². The maximum atomic E-state index is 12.3. The van der Waals surface area contributed by atoms with E-state index in [-0.39, 0.29) is 17.5 Å². The molecule has 0 saturated carbocycles. The summed E-state index contributed by atoms with van der Waals surface area (Å²) in [4.78, 5) is 12.3. The minimum absolute atomic E-state index is 0.212. The van der Waals surface area contributed by atoms with Crippen LogP contribution in [-0.4, -0.2) is 45.0 Å². The van der Waals surface area contributed by atoms with Crippen molar-refractivity contribution in [2.24, 2.45) is 0 Å². The number of carbonyl (C=O) groups excluding carboxylic acids is 1. The predicted octanol–water partition coefficient (Wildman–Crippen LogP) is 1.80. The van der Waals surface area contributed by atoms with Crippen LogP contribution in [0, 0.1) is 0 Å². The number of rotatable bonds is 5. The SMILES string of the molecule is CC1Oc2ccccc2OC1C(=O)OCc1ccc(S(=O)(=O)N(C)C)o1. The number of nitrogens with zero attached hydrogens (tertiary/aromatic N) is 1. The quantitative estimate of drug-likeness (QED) is 0.729. The summed E-state index contributed by atoms with van der Waals surface area (Å²) in [6.07, 6.45) is -1.46. The van der Waals surface area contributed by atoms with E-state index in [1.165, 1.54) is 26.2 Å². The Morgan fingerprint density at radius 3 is 2.42 bits per heavy atom. The van der Waals surface area contributed by atoms with Gasteiger partial charge in [-0.05, 0) is 31.2 Å². The normalized spacial score (nSPS) is 19.4. The minimum atomic E-state index is -3.68. The van der Waals surface area contributed by atoms with Gasteiger partial charge < -0.3 is 18.6 Å². The smallest absolute Gasteiger partial charge is 0.351 e. The van der Waals surface area contributed by atoms with Crippen molar-refractivity contribution >= 4 is 16.0 Å². The molecule has 0 aliphatic carbocycles. The largest absolute Gasteiger partial charge is 0.482 e. The molecule has 0 amide bonds. The second-order valence-corrected chi connectivity index (χ2v) is 8.01. The first kappa shape index (κ1) is 18.3. The van der Waals surface area contributed by atoms with Crippen LogP contribution in [0.2, 0.25) is 0 Å². The fourth-order valence-electron chi connectivity index (χ4n) is 2.36. The lowest BCUT2D eigenvalue weighted by atomic mass is 10.2. The molecule has 2 atom stereocenters. The van der Waals surface area contributed by atoms with E-state index in [9.17, 15) is 13.2 Å². The maximum absolute atomic E-state index is 12.3. The zero-order valence-electron chi connectivity index (χ0n) is 14.5. The number of benzene rings is 1. The van der Waals surface area contributed by atoms with Gasteiger partial charge in [-0.25, -0.2) is 17.5 Å².